The Kier molecular flexibility index (Phi) is 4.81. The smallest absolute Gasteiger partial charge is 0.251 e. The van der Waals surface area contributed by atoms with E-state index in [-0.39, 0.29) is 12.2 Å². The Morgan fingerprint density at radius 1 is 1.03 bits per heavy atom. The number of aryl methyl sites for hydroxylation is 2. The number of pyridine rings is 1. The van der Waals surface area contributed by atoms with Crippen LogP contribution in [0.1, 0.15) is 22.5 Å². The average Bonchev–Trinajstić information content (AvgIpc) is 3.31. The van der Waals surface area contributed by atoms with Gasteiger partial charge in [-0.05, 0) is 58.7 Å². The number of hydrogen-bond donors (Lipinski definition) is 1. The Morgan fingerprint density at radius 3 is 2.63 bits per heavy atom. The maximum atomic E-state index is 12.8. The van der Waals surface area contributed by atoms with Crippen LogP contribution in [0, 0.1) is 0 Å². The first kappa shape index (κ1) is 21.6. The number of fused-ring (bicyclic) bond motifs is 6. The number of rotatable bonds is 1. The molecule has 35 heavy (non-hydrogen) atoms. The number of nitrogens with two attached hydrogens (primary N) is 1. The maximum Gasteiger partial charge on any atom is 0.251 e. The summed E-state index contributed by atoms with van der Waals surface area (Å²) in [5.74, 6) is 1.26. The van der Waals surface area contributed by atoms with Crippen LogP contribution in [-0.2, 0) is 26.2 Å². The molecule has 3 heterocycles. The van der Waals surface area contributed by atoms with Crippen molar-refractivity contribution in [1.29, 1.82) is 0 Å². The molecule has 0 aliphatic carbocycles. The maximum absolute atomic E-state index is 12.8. The quantitative estimate of drug-likeness (QED) is 0.387. The summed E-state index contributed by atoms with van der Waals surface area (Å²) in [5.41, 5.74) is 10.9. The van der Waals surface area contributed by atoms with Gasteiger partial charge in [-0.2, -0.15) is 0 Å². The highest BCUT2D eigenvalue weighted by molar-refractivity contribution is 6.31. The van der Waals surface area contributed by atoms with Crippen molar-refractivity contribution in [3.8, 4) is 16.9 Å². The lowest BCUT2D eigenvalue weighted by Gasteiger charge is -2.30. The van der Waals surface area contributed by atoms with Gasteiger partial charge < -0.3 is 19.6 Å². The van der Waals surface area contributed by atoms with Gasteiger partial charge in [-0.25, -0.2) is 0 Å². The van der Waals surface area contributed by atoms with Gasteiger partial charge in [0.2, 0.25) is 0 Å². The van der Waals surface area contributed by atoms with Crippen molar-refractivity contribution in [1.82, 2.24) is 19.3 Å². The van der Waals surface area contributed by atoms with E-state index in [1.807, 2.05) is 72.3 Å². The molecule has 0 radical (unpaired) electrons. The fourth-order valence-corrected chi connectivity index (χ4v) is 5.03. The predicted octanol–water partition coefficient (Wildman–Crippen LogP) is 4.13. The first-order valence-corrected chi connectivity index (χ1v) is 11.5. The van der Waals surface area contributed by atoms with E-state index in [1.54, 1.807) is 24.0 Å². The van der Waals surface area contributed by atoms with Crippen LogP contribution in [-0.4, -0.2) is 19.3 Å². The summed E-state index contributed by atoms with van der Waals surface area (Å²) in [6.45, 7) is 0.259. The molecule has 174 valence electrons. The average molecular weight is 484 g/mol. The first-order valence-electron chi connectivity index (χ1n) is 11.2. The Morgan fingerprint density at radius 2 is 1.83 bits per heavy atom. The zero-order chi connectivity index (χ0) is 24.3. The highest BCUT2D eigenvalue weighted by Crippen LogP contribution is 2.38. The molecule has 6 rings (SSSR count). The third-order valence-corrected chi connectivity index (χ3v) is 7.18. The van der Waals surface area contributed by atoms with E-state index in [2.05, 4.69) is 10.2 Å². The van der Waals surface area contributed by atoms with Crippen molar-refractivity contribution in [3.05, 3.63) is 111 Å². The van der Waals surface area contributed by atoms with Crippen LogP contribution >= 0.6 is 11.6 Å². The minimum Gasteiger partial charge on any atom is -0.489 e. The molecule has 7 nitrogen and oxygen atoms in total. The summed E-state index contributed by atoms with van der Waals surface area (Å²) >= 11 is 6.56. The number of halogens is 1. The van der Waals surface area contributed by atoms with Gasteiger partial charge in [0, 0.05) is 36.1 Å². The highest BCUT2D eigenvalue weighted by Gasteiger charge is 2.37. The van der Waals surface area contributed by atoms with E-state index in [0.717, 1.165) is 38.7 Å². The van der Waals surface area contributed by atoms with E-state index in [4.69, 9.17) is 22.1 Å². The molecule has 0 saturated heterocycles. The second-order valence-electron chi connectivity index (χ2n) is 8.88. The molecule has 0 amide bonds. The molecule has 6 bridgehead atoms. The van der Waals surface area contributed by atoms with Crippen molar-refractivity contribution in [3.63, 3.8) is 0 Å². The molecule has 1 aliphatic heterocycles. The van der Waals surface area contributed by atoms with E-state index < -0.39 is 5.54 Å². The summed E-state index contributed by atoms with van der Waals surface area (Å²) in [6, 6.07) is 21.0. The van der Waals surface area contributed by atoms with Gasteiger partial charge in [0.05, 0.1) is 5.52 Å². The molecular weight excluding hydrogens is 462 g/mol. The van der Waals surface area contributed by atoms with Gasteiger partial charge in [-0.15, -0.1) is 10.2 Å². The predicted molar refractivity (Wildman–Crippen MR) is 135 cm³/mol. The summed E-state index contributed by atoms with van der Waals surface area (Å²) < 4.78 is 9.59. The topological polar surface area (TPSA) is 88.0 Å². The van der Waals surface area contributed by atoms with Gasteiger partial charge in [-0.3, -0.25) is 4.79 Å². The fourth-order valence-electron chi connectivity index (χ4n) is 4.86. The molecule has 3 aromatic carbocycles. The summed E-state index contributed by atoms with van der Waals surface area (Å²) in [7, 11) is 3.64. The molecule has 0 unspecified atom stereocenters. The second-order valence-corrected chi connectivity index (χ2v) is 9.29. The van der Waals surface area contributed by atoms with Crippen LogP contribution in [0.25, 0.3) is 22.0 Å². The molecule has 2 N–H and O–H groups in total. The van der Waals surface area contributed by atoms with Crippen LogP contribution in [0.5, 0.6) is 5.75 Å². The second kappa shape index (κ2) is 7.80. The minimum absolute atomic E-state index is 0.0957. The molecule has 8 heteroatoms. The largest absolute Gasteiger partial charge is 0.489 e. The number of nitrogens with zero attached hydrogens (tertiary/aromatic N) is 4. The van der Waals surface area contributed by atoms with Crippen LogP contribution in [0.4, 0.5) is 0 Å². The Bertz CT molecular complexity index is 1690. The molecule has 0 saturated carbocycles. The van der Waals surface area contributed by atoms with E-state index in [0.29, 0.717) is 16.6 Å². The van der Waals surface area contributed by atoms with E-state index >= 15 is 0 Å². The van der Waals surface area contributed by atoms with Crippen LogP contribution in [0.15, 0.2) is 77.9 Å². The first-order chi connectivity index (χ1) is 16.9. The zero-order valence-corrected chi connectivity index (χ0v) is 20.0. The van der Waals surface area contributed by atoms with Crippen molar-refractivity contribution in [2.45, 2.75) is 12.1 Å². The van der Waals surface area contributed by atoms with Crippen molar-refractivity contribution in [2.24, 2.45) is 19.8 Å². The van der Waals surface area contributed by atoms with Crippen molar-refractivity contribution in [2.75, 3.05) is 0 Å². The van der Waals surface area contributed by atoms with Gasteiger partial charge in [0.25, 0.3) is 5.56 Å². The van der Waals surface area contributed by atoms with Gasteiger partial charge in [0.15, 0.2) is 5.82 Å². The number of ether oxygens (including phenoxy) is 1. The molecule has 1 atom stereocenters. The van der Waals surface area contributed by atoms with Gasteiger partial charge in [0.1, 0.15) is 24.2 Å². The lowest BCUT2D eigenvalue weighted by Crippen LogP contribution is -2.42. The molecule has 2 aromatic heterocycles. The Balaban J connectivity index is 1.77. The Labute approximate surface area is 206 Å². The molecular formula is C27H22ClN5O2. The number of hydrogen-bond acceptors (Lipinski definition) is 5. The van der Waals surface area contributed by atoms with Crippen molar-refractivity contribution >= 4 is 22.5 Å². The van der Waals surface area contributed by atoms with E-state index in [9.17, 15) is 4.79 Å². The SMILES string of the molecule is Cn1cnnc1[C@]1(N)c2ccc(Cl)c(c2)COc2cccc(c2)-c2cc(=O)n(C)c3ccc1cc23. The molecule has 5 aromatic rings. The molecule has 0 spiro atoms. The van der Waals surface area contributed by atoms with Crippen LogP contribution < -0.4 is 16.0 Å². The molecule has 1 aliphatic rings. The zero-order valence-electron chi connectivity index (χ0n) is 19.2. The number of aromatic nitrogens is 4. The summed E-state index contributed by atoms with van der Waals surface area (Å²) in [4.78, 5) is 12.8. The normalized spacial score (nSPS) is 16.9. The highest BCUT2D eigenvalue weighted by atomic mass is 35.5. The number of benzene rings is 3. The third-order valence-electron chi connectivity index (χ3n) is 6.81. The lowest BCUT2D eigenvalue weighted by molar-refractivity contribution is 0.306. The van der Waals surface area contributed by atoms with Gasteiger partial charge >= 0.3 is 0 Å². The molecule has 0 fully saturated rings. The van der Waals surface area contributed by atoms with E-state index in [1.165, 1.54) is 0 Å². The summed E-state index contributed by atoms with van der Waals surface area (Å²) in [6.07, 6.45) is 1.63. The van der Waals surface area contributed by atoms with Crippen molar-refractivity contribution < 1.29 is 4.74 Å². The fraction of sp³-hybridized carbons (Fsp3) is 0.148. The Hall–Kier alpha value is -3.94. The minimum atomic E-state index is -1.14. The van der Waals surface area contributed by atoms with Crippen LogP contribution in [0.3, 0.4) is 0 Å². The summed E-state index contributed by atoms with van der Waals surface area (Å²) in [5, 5.41) is 9.98. The standard InChI is InChI=1S/C27H22ClN5O2/c1-32-15-30-31-26(32)27(29)18-6-8-23(28)17(10-18)14-35-20-5-3-4-16(11-20)21-13-25(34)33(2)24-9-7-19(27)12-22(21)24/h3-13,15H,14,29H2,1-2H3/t27-/m0/s1. The van der Waals surface area contributed by atoms with Gasteiger partial charge in [-0.1, -0.05) is 35.9 Å². The third kappa shape index (κ3) is 3.27. The lowest BCUT2D eigenvalue weighted by atomic mass is 9.81. The monoisotopic (exact) mass is 483 g/mol. The van der Waals surface area contributed by atoms with Crippen LogP contribution in [0.2, 0.25) is 5.02 Å².